The topological polar surface area (TPSA) is 95.7 Å². The molecule has 0 aromatic rings. The van der Waals surface area contributed by atoms with E-state index in [4.69, 9.17) is 10.8 Å². The maximum absolute atomic E-state index is 12.4. The van der Waals surface area contributed by atoms with Gasteiger partial charge in [0.2, 0.25) is 5.91 Å². The summed E-state index contributed by atoms with van der Waals surface area (Å²) >= 11 is 0. The monoisotopic (exact) mass is 273 g/mol. The van der Waals surface area contributed by atoms with Crippen LogP contribution in [0.15, 0.2) is 0 Å². The molecule has 0 heterocycles. The van der Waals surface area contributed by atoms with E-state index in [1.54, 1.807) is 4.90 Å². The van der Waals surface area contributed by atoms with Crippen LogP contribution in [0.3, 0.4) is 0 Å². The Bertz CT molecular complexity index is 293. The summed E-state index contributed by atoms with van der Waals surface area (Å²) in [4.78, 5) is 25.1. The summed E-state index contributed by atoms with van der Waals surface area (Å²) in [6.07, 6.45) is 1.07. The van der Waals surface area contributed by atoms with Crippen molar-refractivity contribution in [1.29, 1.82) is 0 Å². The van der Waals surface area contributed by atoms with E-state index in [0.717, 1.165) is 0 Å². The Labute approximate surface area is 115 Å². The van der Waals surface area contributed by atoms with Crippen molar-refractivity contribution < 1.29 is 14.7 Å². The number of aliphatic hydroxyl groups excluding tert-OH is 1. The number of nitrogens with zero attached hydrogens (tertiary/aromatic N) is 1. The molecule has 3 amide bonds. The van der Waals surface area contributed by atoms with Crippen LogP contribution in [0.2, 0.25) is 0 Å². The van der Waals surface area contributed by atoms with Gasteiger partial charge in [0, 0.05) is 19.2 Å². The lowest BCUT2D eigenvalue weighted by Crippen LogP contribution is -2.52. The summed E-state index contributed by atoms with van der Waals surface area (Å²) < 4.78 is 0. The number of aliphatic hydroxyl groups is 1. The predicted molar refractivity (Wildman–Crippen MR) is 74.5 cm³/mol. The molecule has 0 bridgehead atoms. The second kappa shape index (κ2) is 8.74. The number of rotatable bonds is 8. The van der Waals surface area contributed by atoms with E-state index >= 15 is 0 Å². The number of nitrogens with one attached hydrogen (secondary N) is 1. The third-order valence-electron chi connectivity index (χ3n) is 2.79. The van der Waals surface area contributed by atoms with Crippen molar-refractivity contribution in [2.45, 2.75) is 52.6 Å². The fraction of sp³-hybridized carbons (Fsp3) is 0.846. The first kappa shape index (κ1) is 17.7. The lowest BCUT2D eigenvalue weighted by molar-refractivity contribution is -0.135. The van der Waals surface area contributed by atoms with Crippen molar-refractivity contribution in [2.75, 3.05) is 13.2 Å². The van der Waals surface area contributed by atoms with Crippen LogP contribution in [-0.2, 0) is 4.79 Å². The van der Waals surface area contributed by atoms with Crippen molar-refractivity contribution >= 4 is 11.9 Å². The molecule has 0 aliphatic rings. The Balaban J connectivity index is 4.83. The molecule has 1 unspecified atom stereocenters. The van der Waals surface area contributed by atoms with E-state index in [0.29, 0.717) is 19.4 Å². The van der Waals surface area contributed by atoms with Crippen molar-refractivity contribution in [1.82, 2.24) is 10.2 Å². The predicted octanol–water partition coefficient (Wildman–Crippen LogP) is 0.689. The highest BCUT2D eigenvalue weighted by atomic mass is 16.3. The number of hydrogen-bond acceptors (Lipinski definition) is 3. The minimum absolute atomic E-state index is 0.0170. The van der Waals surface area contributed by atoms with Crippen molar-refractivity contribution in [3.05, 3.63) is 0 Å². The van der Waals surface area contributed by atoms with E-state index in [2.05, 4.69) is 5.32 Å². The van der Waals surface area contributed by atoms with Crippen LogP contribution in [0.25, 0.3) is 0 Å². The molecule has 0 aliphatic heterocycles. The second-order valence-electron chi connectivity index (χ2n) is 5.39. The van der Waals surface area contributed by atoms with Gasteiger partial charge in [-0.25, -0.2) is 4.79 Å². The molecule has 4 N–H and O–H groups in total. The number of urea groups is 1. The van der Waals surface area contributed by atoms with Gasteiger partial charge in [0.05, 0.1) is 0 Å². The van der Waals surface area contributed by atoms with Crippen LogP contribution in [-0.4, -0.2) is 47.2 Å². The maximum atomic E-state index is 12.4. The minimum Gasteiger partial charge on any atom is -0.396 e. The highest BCUT2D eigenvalue weighted by Crippen LogP contribution is 2.11. The molecule has 0 radical (unpaired) electrons. The van der Waals surface area contributed by atoms with Gasteiger partial charge < -0.3 is 21.1 Å². The number of hydrogen-bond donors (Lipinski definition) is 3. The molecular formula is C13H27N3O3. The number of carbonyl (C=O) groups is 2. The molecule has 0 aromatic carbocycles. The molecular weight excluding hydrogens is 246 g/mol. The fourth-order valence-electron chi connectivity index (χ4n) is 1.93. The average Bonchev–Trinajstić information content (AvgIpc) is 2.26. The maximum Gasteiger partial charge on any atom is 0.312 e. The molecule has 0 aliphatic carbocycles. The molecule has 1 atom stereocenters. The standard InChI is InChI=1S/C13H27N3O3/c1-9(2)8-11(15-13(14)19)12(18)16(10(3)4)6-5-7-17/h9-11,17H,5-8H2,1-4H3,(H3,14,15,19). The number of primary amides is 1. The molecule has 0 saturated heterocycles. The van der Waals surface area contributed by atoms with Crippen LogP contribution in [0, 0.1) is 5.92 Å². The molecule has 6 heteroatoms. The lowest BCUT2D eigenvalue weighted by Gasteiger charge is -2.31. The van der Waals surface area contributed by atoms with E-state index in [1.165, 1.54) is 0 Å². The Hall–Kier alpha value is -1.30. The van der Waals surface area contributed by atoms with E-state index in [9.17, 15) is 9.59 Å². The quantitative estimate of drug-likeness (QED) is 0.607. The Morgan fingerprint density at radius 3 is 2.21 bits per heavy atom. The first-order chi connectivity index (χ1) is 8.79. The molecule has 6 nitrogen and oxygen atoms in total. The highest BCUT2D eigenvalue weighted by Gasteiger charge is 2.27. The fourth-order valence-corrected chi connectivity index (χ4v) is 1.93. The van der Waals surface area contributed by atoms with Gasteiger partial charge in [0.1, 0.15) is 6.04 Å². The molecule has 0 saturated carbocycles. The first-order valence-electron chi connectivity index (χ1n) is 6.76. The van der Waals surface area contributed by atoms with Gasteiger partial charge in [0.15, 0.2) is 0 Å². The van der Waals surface area contributed by atoms with Gasteiger partial charge in [-0.1, -0.05) is 13.8 Å². The van der Waals surface area contributed by atoms with Crippen LogP contribution in [0.5, 0.6) is 0 Å². The Morgan fingerprint density at radius 1 is 1.26 bits per heavy atom. The zero-order valence-corrected chi connectivity index (χ0v) is 12.3. The van der Waals surface area contributed by atoms with Gasteiger partial charge in [0.25, 0.3) is 0 Å². The Kier molecular flexibility index (Phi) is 8.14. The molecule has 112 valence electrons. The van der Waals surface area contributed by atoms with Gasteiger partial charge in [-0.2, -0.15) is 0 Å². The first-order valence-corrected chi connectivity index (χ1v) is 6.76. The summed E-state index contributed by atoms with van der Waals surface area (Å²) in [7, 11) is 0. The smallest absolute Gasteiger partial charge is 0.312 e. The SMILES string of the molecule is CC(C)CC(NC(N)=O)C(=O)N(CCCO)C(C)C. The van der Waals surface area contributed by atoms with Crippen LogP contribution in [0.1, 0.15) is 40.5 Å². The van der Waals surface area contributed by atoms with Crippen LogP contribution >= 0.6 is 0 Å². The molecule has 0 aromatic heterocycles. The van der Waals surface area contributed by atoms with Gasteiger partial charge in [-0.3, -0.25) is 4.79 Å². The summed E-state index contributed by atoms with van der Waals surface area (Å²) in [6.45, 7) is 8.29. The van der Waals surface area contributed by atoms with Crippen LogP contribution in [0.4, 0.5) is 4.79 Å². The lowest BCUT2D eigenvalue weighted by atomic mass is 10.0. The van der Waals surface area contributed by atoms with Gasteiger partial charge in [-0.05, 0) is 32.6 Å². The number of nitrogens with two attached hydrogens (primary N) is 1. The molecule has 0 fully saturated rings. The van der Waals surface area contributed by atoms with E-state index in [-0.39, 0.29) is 24.5 Å². The normalized spacial score (nSPS) is 12.6. The highest BCUT2D eigenvalue weighted by molar-refractivity contribution is 5.86. The Morgan fingerprint density at radius 2 is 1.84 bits per heavy atom. The molecule has 19 heavy (non-hydrogen) atoms. The van der Waals surface area contributed by atoms with Crippen molar-refractivity contribution in [3.8, 4) is 0 Å². The van der Waals surface area contributed by atoms with Gasteiger partial charge >= 0.3 is 6.03 Å². The molecule has 0 rings (SSSR count). The van der Waals surface area contributed by atoms with Crippen molar-refractivity contribution in [3.63, 3.8) is 0 Å². The van der Waals surface area contributed by atoms with Crippen molar-refractivity contribution in [2.24, 2.45) is 11.7 Å². The minimum atomic E-state index is -0.690. The summed E-state index contributed by atoms with van der Waals surface area (Å²) in [5.74, 6) is 0.128. The zero-order valence-electron chi connectivity index (χ0n) is 12.3. The van der Waals surface area contributed by atoms with E-state index in [1.807, 2.05) is 27.7 Å². The summed E-state index contributed by atoms with van der Waals surface area (Å²) in [5.41, 5.74) is 5.12. The van der Waals surface area contributed by atoms with Crippen LogP contribution < -0.4 is 11.1 Å². The molecule has 0 spiro atoms. The summed E-state index contributed by atoms with van der Waals surface area (Å²) in [5, 5.41) is 11.4. The summed E-state index contributed by atoms with van der Waals surface area (Å²) in [6, 6.07) is -1.27. The number of amides is 3. The largest absolute Gasteiger partial charge is 0.396 e. The van der Waals surface area contributed by atoms with Gasteiger partial charge in [-0.15, -0.1) is 0 Å². The average molecular weight is 273 g/mol. The number of carbonyl (C=O) groups excluding carboxylic acids is 2. The third kappa shape index (κ3) is 7.00. The zero-order chi connectivity index (χ0) is 15.0. The van der Waals surface area contributed by atoms with E-state index < -0.39 is 12.1 Å². The third-order valence-corrected chi connectivity index (χ3v) is 2.79. The second-order valence-corrected chi connectivity index (χ2v) is 5.39.